The lowest BCUT2D eigenvalue weighted by Gasteiger charge is -2.32. The maximum absolute atomic E-state index is 11.9. The van der Waals surface area contributed by atoms with E-state index in [2.05, 4.69) is 57.7 Å². The van der Waals surface area contributed by atoms with Crippen LogP contribution in [0.25, 0.3) is 22.0 Å². The van der Waals surface area contributed by atoms with E-state index >= 15 is 0 Å². The Hall–Kier alpha value is -3.12. The molecule has 0 radical (unpaired) electrons. The van der Waals surface area contributed by atoms with Crippen molar-refractivity contribution in [2.75, 3.05) is 44.6 Å². The molecule has 3 heterocycles. The summed E-state index contributed by atoms with van der Waals surface area (Å²) in [6.07, 6.45) is 6.99. The van der Waals surface area contributed by atoms with Crippen molar-refractivity contribution in [3.05, 3.63) is 54.7 Å². The van der Waals surface area contributed by atoms with Gasteiger partial charge in [-0.15, -0.1) is 0 Å². The third-order valence-electron chi connectivity index (χ3n) is 7.25. The molecule has 0 unspecified atom stereocenters. The molecular formula is C29H36N4O2. The van der Waals surface area contributed by atoms with Gasteiger partial charge in [0.2, 0.25) is 5.91 Å². The fraction of sp³-hybridized carbons (Fsp3) is 0.448. The molecule has 0 aliphatic carbocycles. The van der Waals surface area contributed by atoms with Crippen molar-refractivity contribution in [3.8, 4) is 16.9 Å². The number of pyridine rings is 1. The number of piperidine rings is 1. The molecule has 0 spiro atoms. The molecule has 35 heavy (non-hydrogen) atoms. The summed E-state index contributed by atoms with van der Waals surface area (Å²) in [5.74, 6) is 1.12. The van der Waals surface area contributed by atoms with Crippen molar-refractivity contribution >= 4 is 22.5 Å². The van der Waals surface area contributed by atoms with Crippen LogP contribution in [0.4, 0.5) is 5.69 Å². The molecule has 0 bridgehead atoms. The Morgan fingerprint density at radius 3 is 2.57 bits per heavy atom. The topological polar surface area (TPSA) is 57.7 Å². The average molecular weight is 473 g/mol. The Bertz CT molecular complexity index is 1130. The Morgan fingerprint density at radius 1 is 1.06 bits per heavy atom. The van der Waals surface area contributed by atoms with Gasteiger partial charge >= 0.3 is 0 Å². The van der Waals surface area contributed by atoms with Gasteiger partial charge in [0, 0.05) is 68.3 Å². The minimum absolute atomic E-state index is 0.162. The Labute approximate surface area is 208 Å². The number of hydrogen-bond acceptors (Lipinski definition) is 5. The predicted octanol–water partition coefficient (Wildman–Crippen LogP) is 5.19. The Balaban J connectivity index is 1.28. The first-order valence-electron chi connectivity index (χ1n) is 13.1. The van der Waals surface area contributed by atoms with Gasteiger partial charge < -0.3 is 19.9 Å². The number of aromatic nitrogens is 1. The molecule has 2 fully saturated rings. The van der Waals surface area contributed by atoms with E-state index in [4.69, 9.17) is 4.74 Å². The monoisotopic (exact) mass is 472 g/mol. The number of ether oxygens (including phenoxy) is 1. The number of rotatable bonds is 8. The zero-order valence-corrected chi connectivity index (χ0v) is 20.7. The van der Waals surface area contributed by atoms with E-state index < -0.39 is 0 Å². The lowest BCUT2D eigenvalue weighted by Crippen LogP contribution is -2.41. The fourth-order valence-electron chi connectivity index (χ4n) is 5.21. The van der Waals surface area contributed by atoms with Gasteiger partial charge in [-0.1, -0.05) is 25.1 Å². The lowest BCUT2D eigenvalue weighted by atomic mass is 10.0. The van der Waals surface area contributed by atoms with Gasteiger partial charge in [-0.3, -0.25) is 9.78 Å². The van der Waals surface area contributed by atoms with Crippen LogP contribution in [0.2, 0.25) is 0 Å². The number of likely N-dealkylation sites (tertiary alicyclic amines) is 2. The van der Waals surface area contributed by atoms with Crippen molar-refractivity contribution in [2.45, 2.75) is 45.1 Å². The standard InChI is InChI=1S/C29H36N4O2/c1-2-29(34)33-17-11-25(12-18-33)35-24-9-7-22(8-10-24)26-21-27-23(6-5-13-30-27)20-28(26)31-14-19-32-15-3-4-16-32/h5-10,13,20-21,25,31H,2-4,11-12,14-19H2,1H3. The molecule has 2 aliphatic heterocycles. The highest BCUT2D eigenvalue weighted by Gasteiger charge is 2.23. The summed E-state index contributed by atoms with van der Waals surface area (Å²) in [6, 6.07) is 16.9. The van der Waals surface area contributed by atoms with E-state index in [-0.39, 0.29) is 12.0 Å². The van der Waals surface area contributed by atoms with Gasteiger partial charge in [0.15, 0.2) is 0 Å². The van der Waals surface area contributed by atoms with Gasteiger partial charge in [-0.2, -0.15) is 0 Å². The quantitative estimate of drug-likeness (QED) is 0.489. The number of benzene rings is 2. The summed E-state index contributed by atoms with van der Waals surface area (Å²) in [5.41, 5.74) is 4.46. The second kappa shape index (κ2) is 11.1. The number of hydrogen-bond donors (Lipinski definition) is 1. The summed E-state index contributed by atoms with van der Waals surface area (Å²) in [6.45, 7) is 7.92. The number of amides is 1. The van der Waals surface area contributed by atoms with Gasteiger partial charge in [0.05, 0.1) is 5.52 Å². The smallest absolute Gasteiger partial charge is 0.222 e. The maximum atomic E-state index is 11.9. The van der Waals surface area contributed by atoms with Crippen molar-refractivity contribution in [1.82, 2.24) is 14.8 Å². The fourth-order valence-corrected chi connectivity index (χ4v) is 5.21. The molecule has 6 nitrogen and oxygen atoms in total. The van der Waals surface area contributed by atoms with E-state index in [1.54, 1.807) is 0 Å². The maximum Gasteiger partial charge on any atom is 0.222 e. The number of fused-ring (bicyclic) bond motifs is 1. The first-order chi connectivity index (χ1) is 17.2. The van der Waals surface area contributed by atoms with Crippen molar-refractivity contribution in [3.63, 3.8) is 0 Å². The largest absolute Gasteiger partial charge is 0.490 e. The van der Waals surface area contributed by atoms with Crippen LogP contribution in [0.15, 0.2) is 54.7 Å². The van der Waals surface area contributed by atoms with Gasteiger partial charge in [-0.25, -0.2) is 0 Å². The van der Waals surface area contributed by atoms with Gasteiger partial charge in [0.1, 0.15) is 11.9 Å². The summed E-state index contributed by atoms with van der Waals surface area (Å²) in [7, 11) is 0. The summed E-state index contributed by atoms with van der Waals surface area (Å²) >= 11 is 0. The van der Waals surface area contributed by atoms with Crippen molar-refractivity contribution in [2.24, 2.45) is 0 Å². The minimum Gasteiger partial charge on any atom is -0.490 e. The molecule has 1 aromatic heterocycles. The third kappa shape index (κ3) is 5.76. The highest BCUT2D eigenvalue weighted by atomic mass is 16.5. The summed E-state index contributed by atoms with van der Waals surface area (Å²) in [5, 5.41) is 4.84. The number of anilines is 1. The van der Waals surface area contributed by atoms with E-state index in [9.17, 15) is 4.79 Å². The predicted molar refractivity (Wildman–Crippen MR) is 142 cm³/mol. The van der Waals surface area contributed by atoms with Gasteiger partial charge in [-0.05, 0) is 61.8 Å². The molecular weight excluding hydrogens is 436 g/mol. The van der Waals surface area contributed by atoms with Crippen LogP contribution in [0, 0.1) is 0 Å². The third-order valence-corrected chi connectivity index (χ3v) is 7.25. The van der Waals surface area contributed by atoms with E-state index in [1.807, 2.05) is 24.1 Å². The van der Waals surface area contributed by atoms with E-state index in [0.29, 0.717) is 6.42 Å². The Kier molecular flexibility index (Phi) is 7.48. The second-order valence-electron chi connectivity index (χ2n) is 9.65. The number of carbonyl (C=O) groups is 1. The molecule has 0 saturated carbocycles. The van der Waals surface area contributed by atoms with Crippen LogP contribution >= 0.6 is 0 Å². The van der Waals surface area contributed by atoms with E-state index in [0.717, 1.165) is 72.5 Å². The lowest BCUT2D eigenvalue weighted by molar-refractivity contribution is -0.132. The highest BCUT2D eigenvalue weighted by molar-refractivity contribution is 5.92. The minimum atomic E-state index is 0.162. The van der Waals surface area contributed by atoms with E-state index in [1.165, 1.54) is 25.9 Å². The van der Waals surface area contributed by atoms with Crippen LogP contribution in [0.5, 0.6) is 5.75 Å². The Morgan fingerprint density at radius 2 is 1.83 bits per heavy atom. The zero-order valence-electron chi connectivity index (χ0n) is 20.7. The zero-order chi connectivity index (χ0) is 24.0. The van der Waals surface area contributed by atoms with Crippen LogP contribution in [0.3, 0.4) is 0 Å². The highest BCUT2D eigenvalue weighted by Crippen LogP contribution is 2.33. The van der Waals surface area contributed by atoms with Crippen molar-refractivity contribution < 1.29 is 9.53 Å². The van der Waals surface area contributed by atoms with Crippen LogP contribution in [0.1, 0.15) is 39.0 Å². The first kappa shape index (κ1) is 23.6. The molecule has 2 aliphatic rings. The van der Waals surface area contributed by atoms with Crippen molar-refractivity contribution in [1.29, 1.82) is 0 Å². The molecule has 6 heteroatoms. The molecule has 2 aromatic carbocycles. The van der Waals surface area contributed by atoms with Crippen LogP contribution in [-0.2, 0) is 4.79 Å². The molecule has 0 atom stereocenters. The van der Waals surface area contributed by atoms with Crippen LogP contribution < -0.4 is 10.1 Å². The SMILES string of the molecule is CCC(=O)N1CCC(Oc2ccc(-c3cc4ncccc4cc3NCCN3CCCC3)cc2)CC1. The molecule has 5 rings (SSSR count). The molecule has 1 N–H and O–H groups in total. The van der Waals surface area contributed by atoms with Gasteiger partial charge in [0.25, 0.3) is 0 Å². The average Bonchev–Trinajstić information content (AvgIpc) is 3.42. The number of nitrogens with zero attached hydrogens (tertiary/aromatic N) is 3. The summed E-state index contributed by atoms with van der Waals surface area (Å²) < 4.78 is 6.26. The molecule has 184 valence electrons. The molecule has 2 saturated heterocycles. The molecule has 1 amide bonds. The normalized spacial score (nSPS) is 17.1. The van der Waals surface area contributed by atoms with Crippen LogP contribution in [-0.4, -0.2) is 66.1 Å². The summed E-state index contributed by atoms with van der Waals surface area (Å²) in [4.78, 5) is 21.0. The molecule has 3 aromatic rings. The number of nitrogens with one attached hydrogen (secondary N) is 1. The second-order valence-corrected chi connectivity index (χ2v) is 9.65. The first-order valence-corrected chi connectivity index (χ1v) is 13.1. The number of carbonyl (C=O) groups excluding carboxylic acids is 1.